The Bertz CT molecular complexity index is 934. The van der Waals surface area contributed by atoms with E-state index in [1.165, 1.54) is 19.2 Å². The van der Waals surface area contributed by atoms with E-state index >= 15 is 0 Å². The normalized spacial score (nSPS) is 15.1. The fourth-order valence-electron chi connectivity index (χ4n) is 2.76. The van der Waals surface area contributed by atoms with E-state index in [2.05, 4.69) is 5.32 Å². The standard InChI is InChI=1S/C19H15Cl2NO5/c1-9-12-5-10(3-4-15(12)22-18(9)24)16(23)8-27-19(25)11-6-13(20)17(26-2)14(21)7-11/h3-7,9H,8H2,1-2H3,(H,22,24)/t9-/m1/s1. The van der Waals surface area contributed by atoms with Gasteiger partial charge in [0.1, 0.15) is 0 Å². The molecular weight excluding hydrogens is 393 g/mol. The Labute approximate surface area is 165 Å². The molecule has 1 atom stereocenters. The molecule has 0 aliphatic carbocycles. The van der Waals surface area contributed by atoms with E-state index in [-0.39, 0.29) is 39.0 Å². The van der Waals surface area contributed by atoms with Crippen molar-refractivity contribution in [1.82, 2.24) is 0 Å². The van der Waals surface area contributed by atoms with Gasteiger partial charge in [0.15, 0.2) is 18.1 Å². The number of benzene rings is 2. The van der Waals surface area contributed by atoms with Gasteiger partial charge in [-0.25, -0.2) is 4.79 Å². The van der Waals surface area contributed by atoms with E-state index in [4.69, 9.17) is 32.7 Å². The van der Waals surface area contributed by atoms with Crippen molar-refractivity contribution in [2.24, 2.45) is 0 Å². The number of esters is 1. The molecule has 3 rings (SSSR count). The summed E-state index contributed by atoms with van der Waals surface area (Å²) in [6.07, 6.45) is 0. The zero-order valence-corrected chi connectivity index (χ0v) is 16.0. The summed E-state index contributed by atoms with van der Waals surface area (Å²) in [5.74, 6) is -1.32. The summed E-state index contributed by atoms with van der Waals surface area (Å²) in [7, 11) is 1.41. The average Bonchev–Trinajstić information content (AvgIpc) is 2.92. The number of ether oxygens (including phenoxy) is 2. The molecule has 0 radical (unpaired) electrons. The lowest BCUT2D eigenvalue weighted by Crippen LogP contribution is -2.14. The highest BCUT2D eigenvalue weighted by Gasteiger charge is 2.27. The van der Waals surface area contributed by atoms with Crippen LogP contribution in [0.2, 0.25) is 10.0 Å². The minimum absolute atomic E-state index is 0.107. The number of nitrogens with one attached hydrogen (secondary N) is 1. The quantitative estimate of drug-likeness (QED) is 0.595. The van der Waals surface area contributed by atoms with E-state index in [1.807, 2.05) is 0 Å². The predicted molar refractivity (Wildman–Crippen MR) is 101 cm³/mol. The molecule has 0 saturated heterocycles. The highest BCUT2D eigenvalue weighted by atomic mass is 35.5. The van der Waals surface area contributed by atoms with Gasteiger partial charge >= 0.3 is 5.97 Å². The molecule has 0 bridgehead atoms. The summed E-state index contributed by atoms with van der Waals surface area (Å²) < 4.78 is 10.1. The first-order chi connectivity index (χ1) is 12.8. The molecule has 2 aromatic carbocycles. The molecule has 1 amide bonds. The van der Waals surface area contributed by atoms with E-state index in [0.29, 0.717) is 11.3 Å². The van der Waals surface area contributed by atoms with Crippen LogP contribution in [0.15, 0.2) is 30.3 Å². The first-order valence-corrected chi connectivity index (χ1v) is 8.75. The number of halogens is 2. The molecule has 6 nitrogen and oxygen atoms in total. The number of fused-ring (bicyclic) bond motifs is 1. The second kappa shape index (κ2) is 7.58. The number of anilines is 1. The summed E-state index contributed by atoms with van der Waals surface area (Å²) >= 11 is 12.0. The van der Waals surface area contributed by atoms with E-state index in [0.717, 1.165) is 5.56 Å². The van der Waals surface area contributed by atoms with Crippen LogP contribution in [0.25, 0.3) is 0 Å². The first kappa shape index (κ1) is 19.2. The molecule has 140 valence electrons. The third kappa shape index (κ3) is 3.77. The van der Waals surface area contributed by atoms with Crippen molar-refractivity contribution in [2.75, 3.05) is 19.0 Å². The number of ketones is 1. The van der Waals surface area contributed by atoms with Crippen LogP contribution in [0.1, 0.15) is 39.1 Å². The number of carbonyl (C=O) groups is 3. The number of methoxy groups -OCH3 is 1. The maximum Gasteiger partial charge on any atom is 0.338 e. The van der Waals surface area contributed by atoms with Gasteiger partial charge < -0.3 is 14.8 Å². The monoisotopic (exact) mass is 407 g/mol. The van der Waals surface area contributed by atoms with Gasteiger partial charge in [0.2, 0.25) is 5.91 Å². The number of hydrogen-bond donors (Lipinski definition) is 1. The molecule has 1 heterocycles. The van der Waals surface area contributed by atoms with Gasteiger partial charge in [0.05, 0.1) is 28.6 Å². The Balaban J connectivity index is 1.70. The molecule has 1 N–H and O–H groups in total. The van der Waals surface area contributed by atoms with Crippen LogP contribution in [-0.4, -0.2) is 31.4 Å². The molecule has 8 heteroatoms. The summed E-state index contributed by atoms with van der Waals surface area (Å²) in [4.78, 5) is 36.2. The van der Waals surface area contributed by atoms with Crippen LogP contribution in [0, 0.1) is 0 Å². The molecule has 27 heavy (non-hydrogen) atoms. The first-order valence-electron chi connectivity index (χ1n) is 8.00. The van der Waals surface area contributed by atoms with E-state index in [1.54, 1.807) is 25.1 Å². The van der Waals surface area contributed by atoms with Gasteiger partial charge in [-0.05, 0) is 42.8 Å². The highest BCUT2D eigenvalue weighted by Crippen LogP contribution is 2.34. The fraction of sp³-hybridized carbons (Fsp3) is 0.211. The van der Waals surface area contributed by atoms with Crippen molar-refractivity contribution in [2.45, 2.75) is 12.8 Å². The Kier molecular flexibility index (Phi) is 5.39. The third-order valence-corrected chi connectivity index (χ3v) is 4.83. The average molecular weight is 408 g/mol. The van der Waals surface area contributed by atoms with E-state index in [9.17, 15) is 14.4 Å². The van der Waals surface area contributed by atoms with Crippen molar-refractivity contribution in [1.29, 1.82) is 0 Å². The lowest BCUT2D eigenvalue weighted by molar-refractivity contribution is -0.116. The summed E-state index contributed by atoms with van der Waals surface area (Å²) in [5.41, 5.74) is 1.89. The van der Waals surface area contributed by atoms with Gasteiger partial charge in [-0.3, -0.25) is 9.59 Å². The van der Waals surface area contributed by atoms with Crippen LogP contribution in [0.5, 0.6) is 5.75 Å². The molecular formula is C19H15Cl2NO5. The number of carbonyl (C=O) groups excluding carboxylic acids is 3. The third-order valence-electron chi connectivity index (χ3n) is 4.26. The molecule has 1 aliphatic rings. The Hall–Kier alpha value is -2.57. The fourth-order valence-corrected chi connectivity index (χ4v) is 3.40. The molecule has 0 spiro atoms. The summed E-state index contributed by atoms with van der Waals surface area (Å²) in [5, 5.41) is 3.05. The molecule has 0 aromatic heterocycles. The number of hydrogen-bond acceptors (Lipinski definition) is 5. The van der Waals surface area contributed by atoms with Crippen LogP contribution >= 0.6 is 23.2 Å². The van der Waals surface area contributed by atoms with Crippen LogP contribution < -0.4 is 10.1 Å². The number of rotatable bonds is 5. The minimum atomic E-state index is -0.735. The van der Waals surface area contributed by atoms with Crippen molar-refractivity contribution < 1.29 is 23.9 Å². The van der Waals surface area contributed by atoms with Crippen LogP contribution in [-0.2, 0) is 9.53 Å². The topological polar surface area (TPSA) is 81.7 Å². The van der Waals surface area contributed by atoms with Gasteiger partial charge in [-0.15, -0.1) is 0 Å². The number of amides is 1. The molecule has 2 aromatic rings. The Morgan fingerprint density at radius 2 is 1.78 bits per heavy atom. The van der Waals surface area contributed by atoms with Crippen molar-refractivity contribution in [3.8, 4) is 5.75 Å². The zero-order valence-electron chi connectivity index (χ0n) is 14.5. The molecule has 0 saturated carbocycles. The molecule has 0 fully saturated rings. The Morgan fingerprint density at radius 1 is 1.11 bits per heavy atom. The SMILES string of the molecule is COc1c(Cl)cc(C(=O)OCC(=O)c2ccc3c(c2)[C@@H](C)C(=O)N3)cc1Cl. The van der Waals surface area contributed by atoms with E-state index < -0.39 is 12.6 Å². The summed E-state index contributed by atoms with van der Waals surface area (Å²) in [6, 6.07) is 7.58. The van der Waals surface area contributed by atoms with Crippen LogP contribution in [0.4, 0.5) is 5.69 Å². The van der Waals surface area contributed by atoms with Crippen LogP contribution in [0.3, 0.4) is 0 Å². The maximum absolute atomic E-state index is 12.3. The lowest BCUT2D eigenvalue weighted by Gasteiger charge is -2.09. The Morgan fingerprint density at radius 3 is 2.41 bits per heavy atom. The van der Waals surface area contributed by atoms with Gasteiger partial charge in [-0.1, -0.05) is 23.2 Å². The molecule has 1 aliphatic heterocycles. The van der Waals surface area contributed by atoms with Crippen molar-refractivity contribution in [3.63, 3.8) is 0 Å². The predicted octanol–water partition coefficient (Wildman–Crippen LogP) is 4.10. The van der Waals surface area contributed by atoms with Gasteiger partial charge in [0.25, 0.3) is 0 Å². The molecule has 0 unspecified atom stereocenters. The second-order valence-corrected chi connectivity index (χ2v) is 6.80. The zero-order chi connectivity index (χ0) is 19.7. The lowest BCUT2D eigenvalue weighted by atomic mass is 9.99. The van der Waals surface area contributed by atoms with Crippen molar-refractivity contribution in [3.05, 3.63) is 57.1 Å². The maximum atomic E-state index is 12.3. The summed E-state index contributed by atoms with van der Waals surface area (Å²) in [6.45, 7) is 1.31. The minimum Gasteiger partial charge on any atom is -0.494 e. The van der Waals surface area contributed by atoms with Gasteiger partial charge in [-0.2, -0.15) is 0 Å². The largest absolute Gasteiger partial charge is 0.494 e. The second-order valence-electron chi connectivity index (χ2n) is 5.99. The highest BCUT2D eigenvalue weighted by molar-refractivity contribution is 6.37. The van der Waals surface area contributed by atoms with Gasteiger partial charge in [0, 0.05) is 11.3 Å². The van der Waals surface area contributed by atoms with Crippen molar-refractivity contribution >= 4 is 46.5 Å². The number of Topliss-reactive ketones (excluding diaryl/α,β-unsaturated/α-hetero) is 1. The smallest absolute Gasteiger partial charge is 0.338 e.